The minimum atomic E-state index is -0.532. The van der Waals surface area contributed by atoms with Crippen LogP contribution in [0.5, 0.6) is 5.75 Å². The zero-order valence-electron chi connectivity index (χ0n) is 14.0. The van der Waals surface area contributed by atoms with Crippen molar-refractivity contribution < 1.29 is 14.6 Å². The number of likely N-dealkylation sites (tertiary alicyclic amines) is 1. The number of para-hydroxylation sites is 1. The zero-order valence-corrected chi connectivity index (χ0v) is 14.0. The molecule has 0 radical (unpaired) electrons. The number of carbonyl (C=O) groups excluding carboxylic acids is 1. The molecule has 1 fully saturated rings. The van der Waals surface area contributed by atoms with Gasteiger partial charge in [-0.25, -0.2) is 4.79 Å². The highest BCUT2D eigenvalue weighted by Gasteiger charge is 2.23. The fraction of sp³-hybridized carbons (Fsp3) is 0.611. The highest BCUT2D eigenvalue weighted by molar-refractivity contribution is 5.74. The molecule has 0 spiro atoms. The van der Waals surface area contributed by atoms with E-state index < -0.39 is 6.10 Å². The van der Waals surface area contributed by atoms with Gasteiger partial charge in [-0.3, -0.25) is 0 Å². The molecule has 2 atom stereocenters. The third kappa shape index (κ3) is 4.61. The lowest BCUT2D eigenvalue weighted by molar-refractivity contribution is 0.101. The summed E-state index contributed by atoms with van der Waals surface area (Å²) in [6.45, 7) is 3.58. The molecule has 2 aliphatic heterocycles. The van der Waals surface area contributed by atoms with Gasteiger partial charge >= 0.3 is 6.03 Å². The van der Waals surface area contributed by atoms with Crippen molar-refractivity contribution >= 4 is 6.03 Å². The van der Waals surface area contributed by atoms with Gasteiger partial charge < -0.3 is 25.4 Å². The predicted molar refractivity (Wildman–Crippen MR) is 92.1 cm³/mol. The first kappa shape index (κ1) is 17.0. The number of ether oxygens (including phenoxy) is 1. The van der Waals surface area contributed by atoms with Crippen LogP contribution in [0.3, 0.4) is 0 Å². The summed E-state index contributed by atoms with van der Waals surface area (Å²) in [6, 6.07) is 7.48. The van der Waals surface area contributed by atoms with Crippen molar-refractivity contribution in [3.05, 3.63) is 29.8 Å². The minimum Gasteiger partial charge on any atom is -0.493 e. The van der Waals surface area contributed by atoms with Crippen LogP contribution < -0.4 is 15.4 Å². The molecule has 0 unspecified atom stereocenters. The second-order valence-electron chi connectivity index (χ2n) is 6.60. The van der Waals surface area contributed by atoms with Gasteiger partial charge in [0.05, 0.1) is 18.8 Å². The second kappa shape index (κ2) is 8.35. The van der Waals surface area contributed by atoms with E-state index in [9.17, 15) is 9.90 Å². The van der Waals surface area contributed by atoms with E-state index in [1.165, 1.54) is 19.3 Å². The predicted octanol–water partition coefficient (Wildman–Crippen LogP) is 1.66. The molecule has 0 saturated carbocycles. The molecule has 6 nitrogen and oxygen atoms in total. The Morgan fingerprint density at radius 1 is 1.29 bits per heavy atom. The molecular formula is C18H27N3O3. The molecule has 24 heavy (non-hydrogen) atoms. The summed E-state index contributed by atoms with van der Waals surface area (Å²) >= 11 is 0. The maximum atomic E-state index is 12.1. The van der Waals surface area contributed by atoms with Crippen molar-refractivity contribution in [3.63, 3.8) is 0 Å². The van der Waals surface area contributed by atoms with Crippen LogP contribution in [0, 0.1) is 0 Å². The fourth-order valence-corrected chi connectivity index (χ4v) is 3.42. The molecular weight excluding hydrogens is 306 g/mol. The molecule has 2 amide bonds. The number of aliphatic hydroxyl groups is 1. The first-order valence-corrected chi connectivity index (χ1v) is 8.89. The number of β-amino-alcohol motifs (C(OH)–C–C–N with tert-alkyl or cyclic N) is 1. The first-order valence-electron chi connectivity index (χ1n) is 8.89. The van der Waals surface area contributed by atoms with Gasteiger partial charge in [0.15, 0.2) is 0 Å². The number of hydrogen-bond donors (Lipinski definition) is 3. The Bertz CT molecular complexity index is 546. The Hall–Kier alpha value is -1.79. The van der Waals surface area contributed by atoms with Gasteiger partial charge in [-0.2, -0.15) is 0 Å². The molecule has 2 aliphatic rings. The SMILES string of the molecule is O=C(NC[C@H](O)CN1CCCCC1)N[C@@H]1CCOc2ccccc21. The summed E-state index contributed by atoms with van der Waals surface area (Å²) in [5.74, 6) is 0.833. The molecule has 2 heterocycles. The number of piperidine rings is 1. The van der Waals surface area contributed by atoms with Crippen LogP contribution in [0.2, 0.25) is 0 Å². The van der Waals surface area contributed by atoms with E-state index >= 15 is 0 Å². The smallest absolute Gasteiger partial charge is 0.315 e. The van der Waals surface area contributed by atoms with Gasteiger partial charge in [0, 0.05) is 25.1 Å². The van der Waals surface area contributed by atoms with Crippen LogP contribution >= 0.6 is 0 Å². The molecule has 3 rings (SSSR count). The number of hydrogen-bond acceptors (Lipinski definition) is 4. The van der Waals surface area contributed by atoms with E-state index in [1.807, 2.05) is 24.3 Å². The largest absolute Gasteiger partial charge is 0.493 e. The summed E-state index contributed by atoms with van der Waals surface area (Å²) in [4.78, 5) is 14.4. The van der Waals surface area contributed by atoms with Crippen molar-refractivity contribution in [1.29, 1.82) is 0 Å². The monoisotopic (exact) mass is 333 g/mol. The number of urea groups is 1. The standard InChI is InChI=1S/C18H27N3O3/c22-14(13-21-9-4-1-5-10-21)12-19-18(23)20-16-8-11-24-17-7-3-2-6-15(16)17/h2-3,6-7,14,16,22H,1,4-5,8-13H2,(H2,19,20,23)/t14-,16+/m0/s1. The van der Waals surface area contributed by atoms with Crippen molar-refractivity contribution in [2.24, 2.45) is 0 Å². The van der Waals surface area contributed by atoms with E-state index in [-0.39, 0.29) is 18.6 Å². The Balaban J connectivity index is 1.43. The molecule has 0 aliphatic carbocycles. The minimum absolute atomic E-state index is 0.0470. The summed E-state index contributed by atoms with van der Waals surface area (Å²) < 4.78 is 5.60. The third-order valence-electron chi connectivity index (χ3n) is 4.68. The van der Waals surface area contributed by atoms with Gasteiger partial charge in [0.1, 0.15) is 5.75 Å². The van der Waals surface area contributed by atoms with E-state index in [0.29, 0.717) is 13.2 Å². The van der Waals surface area contributed by atoms with Gasteiger partial charge in [0.25, 0.3) is 0 Å². The lowest BCUT2D eigenvalue weighted by atomic mass is 10.0. The van der Waals surface area contributed by atoms with E-state index in [4.69, 9.17) is 4.74 Å². The van der Waals surface area contributed by atoms with Crippen LogP contribution in [0.25, 0.3) is 0 Å². The lowest BCUT2D eigenvalue weighted by Gasteiger charge is -2.29. The second-order valence-corrected chi connectivity index (χ2v) is 6.60. The zero-order chi connectivity index (χ0) is 16.8. The topological polar surface area (TPSA) is 73.8 Å². The number of benzene rings is 1. The number of rotatable bonds is 5. The molecule has 6 heteroatoms. The first-order chi connectivity index (χ1) is 11.7. The molecule has 132 valence electrons. The van der Waals surface area contributed by atoms with Gasteiger partial charge in [0.2, 0.25) is 0 Å². The maximum Gasteiger partial charge on any atom is 0.315 e. The van der Waals surface area contributed by atoms with Crippen LogP contribution in [0.1, 0.15) is 37.3 Å². The number of fused-ring (bicyclic) bond motifs is 1. The summed E-state index contributed by atoms with van der Waals surface area (Å²) in [5, 5.41) is 15.9. The van der Waals surface area contributed by atoms with Crippen LogP contribution in [0.15, 0.2) is 24.3 Å². The van der Waals surface area contributed by atoms with Crippen molar-refractivity contribution in [2.45, 2.75) is 37.8 Å². The average Bonchev–Trinajstić information content (AvgIpc) is 2.61. The molecule has 1 aromatic rings. The number of amides is 2. The highest BCUT2D eigenvalue weighted by atomic mass is 16.5. The maximum absolute atomic E-state index is 12.1. The molecule has 0 aromatic heterocycles. The Labute approximate surface area is 143 Å². The van der Waals surface area contributed by atoms with Crippen LogP contribution in [-0.4, -0.2) is 54.9 Å². The highest BCUT2D eigenvalue weighted by Crippen LogP contribution is 2.31. The Morgan fingerprint density at radius 3 is 2.92 bits per heavy atom. The Morgan fingerprint density at radius 2 is 2.08 bits per heavy atom. The van der Waals surface area contributed by atoms with E-state index in [2.05, 4.69) is 15.5 Å². The fourth-order valence-electron chi connectivity index (χ4n) is 3.42. The van der Waals surface area contributed by atoms with E-state index in [0.717, 1.165) is 30.8 Å². The quantitative estimate of drug-likeness (QED) is 0.766. The molecule has 1 aromatic carbocycles. The normalized spacial score (nSPS) is 22.1. The van der Waals surface area contributed by atoms with E-state index in [1.54, 1.807) is 0 Å². The average molecular weight is 333 g/mol. The number of nitrogens with zero attached hydrogens (tertiary/aromatic N) is 1. The van der Waals surface area contributed by atoms with Crippen LogP contribution in [-0.2, 0) is 0 Å². The summed E-state index contributed by atoms with van der Waals surface area (Å²) in [6.07, 6.45) is 3.89. The van der Waals surface area contributed by atoms with Crippen molar-refractivity contribution in [3.8, 4) is 5.75 Å². The van der Waals surface area contributed by atoms with Gasteiger partial charge in [-0.05, 0) is 32.0 Å². The van der Waals surface area contributed by atoms with Gasteiger partial charge in [-0.1, -0.05) is 24.6 Å². The molecule has 3 N–H and O–H groups in total. The number of aliphatic hydroxyl groups excluding tert-OH is 1. The number of nitrogens with one attached hydrogen (secondary N) is 2. The summed E-state index contributed by atoms with van der Waals surface area (Å²) in [5.41, 5.74) is 1.01. The third-order valence-corrected chi connectivity index (χ3v) is 4.68. The lowest BCUT2D eigenvalue weighted by Crippen LogP contribution is -2.45. The van der Waals surface area contributed by atoms with Crippen molar-refractivity contribution in [1.82, 2.24) is 15.5 Å². The summed E-state index contributed by atoms with van der Waals surface area (Å²) in [7, 11) is 0. The van der Waals surface area contributed by atoms with Gasteiger partial charge in [-0.15, -0.1) is 0 Å². The number of carbonyl (C=O) groups is 1. The Kier molecular flexibility index (Phi) is 5.93. The van der Waals surface area contributed by atoms with Crippen molar-refractivity contribution in [2.75, 3.05) is 32.8 Å². The molecule has 0 bridgehead atoms. The van der Waals surface area contributed by atoms with Crippen LogP contribution in [0.4, 0.5) is 4.79 Å². The molecule has 1 saturated heterocycles.